The van der Waals surface area contributed by atoms with Gasteiger partial charge in [-0.2, -0.15) is 0 Å². The monoisotopic (exact) mass is 341 g/mol. The molecule has 0 saturated carbocycles. The Morgan fingerprint density at radius 3 is 2.12 bits per heavy atom. The molecule has 0 amide bonds. The summed E-state index contributed by atoms with van der Waals surface area (Å²) in [6, 6.07) is 20.0. The zero-order chi connectivity index (χ0) is 16.5. The molecular weight excluding hydrogens is 318 g/mol. The van der Waals surface area contributed by atoms with Crippen molar-refractivity contribution in [2.75, 3.05) is 7.05 Å². The van der Waals surface area contributed by atoms with Crippen molar-refractivity contribution in [3.63, 3.8) is 0 Å². The normalized spacial score (nSPS) is 28.0. The fraction of sp³-hybridized carbons (Fsp3) is 0.429. The molecule has 24 heavy (non-hydrogen) atoms. The average molecular weight is 342 g/mol. The van der Waals surface area contributed by atoms with Crippen LogP contribution >= 0.6 is 11.6 Å². The lowest BCUT2D eigenvalue weighted by Gasteiger charge is -2.38. The summed E-state index contributed by atoms with van der Waals surface area (Å²) in [5.41, 5.74) is 2.39. The van der Waals surface area contributed by atoms with Crippen LogP contribution in [0.25, 0.3) is 0 Å². The maximum absolute atomic E-state index is 6.66. The van der Waals surface area contributed by atoms with Crippen molar-refractivity contribution in [1.82, 2.24) is 4.90 Å². The molecule has 2 saturated heterocycles. The Morgan fingerprint density at radius 1 is 0.917 bits per heavy atom. The highest BCUT2D eigenvalue weighted by Crippen LogP contribution is 2.38. The summed E-state index contributed by atoms with van der Waals surface area (Å²) in [5.74, 6) is 0. The summed E-state index contributed by atoms with van der Waals surface area (Å²) < 4.78 is 6.66. The average Bonchev–Trinajstić information content (AvgIpc) is 2.83. The first kappa shape index (κ1) is 16.1. The molecule has 126 valence electrons. The highest BCUT2D eigenvalue weighted by atomic mass is 35.5. The van der Waals surface area contributed by atoms with Gasteiger partial charge in [0.15, 0.2) is 0 Å². The molecule has 0 spiro atoms. The van der Waals surface area contributed by atoms with Crippen LogP contribution in [0.2, 0.25) is 5.02 Å². The van der Waals surface area contributed by atoms with E-state index in [0.717, 1.165) is 17.9 Å². The van der Waals surface area contributed by atoms with Crippen LogP contribution in [-0.2, 0) is 4.74 Å². The Balaban J connectivity index is 1.58. The van der Waals surface area contributed by atoms with E-state index in [1.165, 1.54) is 24.0 Å². The van der Waals surface area contributed by atoms with E-state index in [2.05, 4.69) is 54.4 Å². The highest BCUT2D eigenvalue weighted by Gasteiger charge is 2.39. The Kier molecular flexibility index (Phi) is 4.62. The van der Waals surface area contributed by atoms with Gasteiger partial charge in [0.05, 0.1) is 6.10 Å². The van der Waals surface area contributed by atoms with Gasteiger partial charge in [0.1, 0.15) is 6.10 Å². The van der Waals surface area contributed by atoms with E-state index in [-0.39, 0.29) is 6.10 Å². The molecule has 0 aliphatic carbocycles. The van der Waals surface area contributed by atoms with E-state index in [1.54, 1.807) is 0 Å². The van der Waals surface area contributed by atoms with Crippen LogP contribution in [0.1, 0.15) is 42.9 Å². The molecule has 3 heteroatoms. The largest absolute Gasteiger partial charge is 0.365 e. The lowest BCUT2D eigenvalue weighted by atomic mass is 9.97. The number of fused-ring (bicyclic) bond motifs is 2. The fourth-order valence-electron chi connectivity index (χ4n) is 4.28. The molecule has 3 atom stereocenters. The molecule has 2 aromatic rings. The minimum absolute atomic E-state index is 0.0173. The van der Waals surface area contributed by atoms with Crippen molar-refractivity contribution in [1.29, 1.82) is 0 Å². The molecule has 1 unspecified atom stereocenters. The third-order valence-electron chi connectivity index (χ3n) is 5.66. The number of hydrogen-bond donors (Lipinski definition) is 0. The summed E-state index contributed by atoms with van der Waals surface area (Å²) in [7, 11) is 2.27. The van der Waals surface area contributed by atoms with Crippen molar-refractivity contribution >= 4 is 11.6 Å². The second kappa shape index (κ2) is 6.87. The van der Waals surface area contributed by atoms with Crippen molar-refractivity contribution in [2.45, 2.75) is 50.0 Å². The molecule has 2 aromatic carbocycles. The predicted molar refractivity (Wildman–Crippen MR) is 98.4 cm³/mol. The van der Waals surface area contributed by atoms with Gasteiger partial charge in [-0.1, -0.05) is 54.1 Å². The minimum Gasteiger partial charge on any atom is -0.365 e. The number of nitrogens with zero attached hydrogens (tertiary/aromatic N) is 1. The van der Waals surface area contributed by atoms with Gasteiger partial charge in [-0.25, -0.2) is 0 Å². The summed E-state index contributed by atoms with van der Waals surface area (Å²) in [6.45, 7) is 0. The van der Waals surface area contributed by atoms with Crippen LogP contribution in [-0.4, -0.2) is 30.1 Å². The lowest BCUT2D eigenvalue weighted by molar-refractivity contribution is -0.0426. The minimum atomic E-state index is -0.0173. The topological polar surface area (TPSA) is 12.5 Å². The van der Waals surface area contributed by atoms with E-state index in [1.807, 2.05) is 12.1 Å². The van der Waals surface area contributed by atoms with Crippen LogP contribution in [0.5, 0.6) is 0 Å². The first-order valence-electron chi connectivity index (χ1n) is 8.88. The standard InChI is InChI=1S/C21H24ClNO/c1-23-18-11-12-19(23)14-20(13-18)24-21(15-5-3-2-4-6-15)16-7-9-17(22)10-8-16/h2-10,18-21H,11-14H2,1H3/t18-,19-,21?/m0/s1. The molecule has 2 heterocycles. The van der Waals surface area contributed by atoms with Gasteiger partial charge in [0, 0.05) is 17.1 Å². The lowest BCUT2D eigenvalue weighted by Crippen LogP contribution is -2.43. The van der Waals surface area contributed by atoms with Gasteiger partial charge >= 0.3 is 0 Å². The molecule has 2 bridgehead atoms. The number of rotatable bonds is 4. The molecule has 2 fully saturated rings. The number of halogens is 1. The molecule has 2 nitrogen and oxygen atoms in total. The second-order valence-electron chi connectivity index (χ2n) is 7.12. The Morgan fingerprint density at radius 2 is 1.50 bits per heavy atom. The highest BCUT2D eigenvalue weighted by molar-refractivity contribution is 6.30. The van der Waals surface area contributed by atoms with Crippen LogP contribution in [0.3, 0.4) is 0 Å². The maximum atomic E-state index is 6.66. The number of piperidine rings is 1. The SMILES string of the molecule is CN1[C@H]2CC[C@H]1CC(OC(c1ccccc1)c1ccc(Cl)cc1)C2. The predicted octanol–water partition coefficient (Wildman–Crippen LogP) is 5.07. The van der Waals surface area contributed by atoms with E-state index >= 15 is 0 Å². The fourth-order valence-corrected chi connectivity index (χ4v) is 4.41. The quantitative estimate of drug-likeness (QED) is 0.769. The van der Waals surface area contributed by atoms with Crippen LogP contribution in [0.15, 0.2) is 54.6 Å². The third-order valence-corrected chi connectivity index (χ3v) is 5.91. The molecule has 2 aliphatic heterocycles. The molecule has 0 aromatic heterocycles. The van der Waals surface area contributed by atoms with Gasteiger partial charge < -0.3 is 9.64 Å². The van der Waals surface area contributed by atoms with Crippen molar-refractivity contribution < 1.29 is 4.74 Å². The summed E-state index contributed by atoms with van der Waals surface area (Å²) in [5, 5.41) is 0.767. The van der Waals surface area contributed by atoms with Crippen molar-refractivity contribution in [3.8, 4) is 0 Å². The molecule has 2 aliphatic rings. The molecule has 4 rings (SSSR count). The van der Waals surface area contributed by atoms with Crippen LogP contribution < -0.4 is 0 Å². The van der Waals surface area contributed by atoms with Gasteiger partial charge in [0.2, 0.25) is 0 Å². The molecule has 0 N–H and O–H groups in total. The van der Waals surface area contributed by atoms with Gasteiger partial charge in [-0.05, 0) is 56.0 Å². The van der Waals surface area contributed by atoms with E-state index in [0.29, 0.717) is 18.2 Å². The number of benzene rings is 2. The van der Waals surface area contributed by atoms with Crippen molar-refractivity contribution in [2.24, 2.45) is 0 Å². The van der Waals surface area contributed by atoms with E-state index in [9.17, 15) is 0 Å². The van der Waals surface area contributed by atoms with Crippen LogP contribution in [0.4, 0.5) is 0 Å². The number of hydrogen-bond acceptors (Lipinski definition) is 2. The Hall–Kier alpha value is -1.35. The van der Waals surface area contributed by atoms with Gasteiger partial charge in [-0.3, -0.25) is 0 Å². The summed E-state index contributed by atoms with van der Waals surface area (Å²) in [6.07, 6.45) is 5.24. The Labute approximate surface area is 149 Å². The Bertz CT molecular complexity index is 658. The zero-order valence-corrected chi connectivity index (χ0v) is 14.8. The smallest absolute Gasteiger partial charge is 0.108 e. The zero-order valence-electron chi connectivity index (χ0n) is 14.1. The first-order chi connectivity index (χ1) is 11.7. The van der Waals surface area contributed by atoms with Crippen molar-refractivity contribution in [3.05, 3.63) is 70.7 Å². The number of ether oxygens (including phenoxy) is 1. The maximum Gasteiger partial charge on any atom is 0.108 e. The first-order valence-corrected chi connectivity index (χ1v) is 9.26. The van der Waals surface area contributed by atoms with Crippen LogP contribution in [0, 0.1) is 0 Å². The third kappa shape index (κ3) is 3.23. The molecule has 0 radical (unpaired) electrons. The second-order valence-corrected chi connectivity index (χ2v) is 7.56. The van der Waals surface area contributed by atoms with Gasteiger partial charge in [0.25, 0.3) is 0 Å². The van der Waals surface area contributed by atoms with Gasteiger partial charge in [-0.15, -0.1) is 0 Å². The van der Waals surface area contributed by atoms with E-state index < -0.39 is 0 Å². The summed E-state index contributed by atoms with van der Waals surface area (Å²) in [4.78, 5) is 2.56. The van der Waals surface area contributed by atoms with E-state index in [4.69, 9.17) is 16.3 Å². The summed E-state index contributed by atoms with van der Waals surface area (Å²) >= 11 is 6.07. The molecular formula is C21H24ClNO.